The minimum absolute atomic E-state index is 0.237. The number of benzene rings is 2. The molecule has 1 fully saturated rings. The Hall–Kier alpha value is -2.93. The summed E-state index contributed by atoms with van der Waals surface area (Å²) in [6.07, 6.45) is 2.18. The molecule has 0 N–H and O–H groups in total. The lowest BCUT2D eigenvalue weighted by Crippen LogP contribution is -2.27. The molecule has 1 saturated heterocycles. The smallest absolute Gasteiger partial charge is 0.204 e. The lowest BCUT2D eigenvalue weighted by atomic mass is 10.0. The molecule has 1 aromatic heterocycles. The summed E-state index contributed by atoms with van der Waals surface area (Å²) >= 11 is 0. The third kappa shape index (κ3) is 3.64. The maximum Gasteiger partial charge on any atom is 0.204 e. The minimum Gasteiger partial charge on any atom is -0.497 e. The highest BCUT2D eigenvalue weighted by atomic mass is 16.5. The van der Waals surface area contributed by atoms with Gasteiger partial charge in [-0.1, -0.05) is 30.3 Å². The minimum atomic E-state index is 0.237. The summed E-state index contributed by atoms with van der Waals surface area (Å²) in [5, 5.41) is 13.0. The Labute approximate surface area is 158 Å². The lowest BCUT2D eigenvalue weighted by molar-refractivity contribution is 0.174. The molecular weight excluding hydrogens is 342 g/mol. The number of rotatable bonds is 6. The molecule has 7 heteroatoms. The SMILES string of the molecule is COc1ccc(OC)c(C2CCCN2Cn2nnc(-c3ccccc3)n2)c1. The summed E-state index contributed by atoms with van der Waals surface area (Å²) in [6, 6.07) is 16.1. The van der Waals surface area contributed by atoms with E-state index in [2.05, 4.69) is 26.4 Å². The number of hydrogen-bond donors (Lipinski definition) is 0. The lowest BCUT2D eigenvalue weighted by Gasteiger charge is -2.25. The molecule has 7 nitrogen and oxygen atoms in total. The molecule has 2 aromatic carbocycles. The maximum absolute atomic E-state index is 5.59. The Morgan fingerprint density at radius 2 is 1.93 bits per heavy atom. The van der Waals surface area contributed by atoms with E-state index in [9.17, 15) is 0 Å². The fourth-order valence-corrected chi connectivity index (χ4v) is 3.62. The van der Waals surface area contributed by atoms with Crippen molar-refractivity contribution < 1.29 is 9.47 Å². The summed E-state index contributed by atoms with van der Waals surface area (Å²) in [6.45, 7) is 1.57. The molecule has 0 radical (unpaired) electrons. The molecule has 1 atom stereocenters. The number of tetrazole rings is 1. The van der Waals surface area contributed by atoms with Crippen molar-refractivity contribution in [1.29, 1.82) is 0 Å². The molecule has 140 valence electrons. The van der Waals surface area contributed by atoms with Crippen LogP contribution >= 0.6 is 0 Å². The van der Waals surface area contributed by atoms with Crippen LogP contribution in [0.1, 0.15) is 24.4 Å². The second kappa shape index (κ2) is 7.75. The number of nitrogens with zero attached hydrogens (tertiary/aromatic N) is 5. The number of methoxy groups -OCH3 is 2. The van der Waals surface area contributed by atoms with Crippen LogP contribution in [0.3, 0.4) is 0 Å². The number of ether oxygens (including phenoxy) is 2. The third-order valence-corrected chi connectivity index (χ3v) is 4.95. The van der Waals surface area contributed by atoms with Crippen molar-refractivity contribution in [3.8, 4) is 22.9 Å². The fourth-order valence-electron chi connectivity index (χ4n) is 3.62. The van der Waals surface area contributed by atoms with Gasteiger partial charge in [0.15, 0.2) is 0 Å². The molecule has 0 spiro atoms. The summed E-state index contributed by atoms with van der Waals surface area (Å²) < 4.78 is 11.0. The zero-order valence-corrected chi connectivity index (χ0v) is 15.6. The van der Waals surface area contributed by atoms with E-state index in [1.165, 1.54) is 0 Å². The molecule has 4 rings (SSSR count). The van der Waals surface area contributed by atoms with Crippen LogP contribution in [0, 0.1) is 0 Å². The van der Waals surface area contributed by atoms with Gasteiger partial charge in [-0.2, -0.15) is 0 Å². The summed E-state index contributed by atoms with van der Waals surface area (Å²) in [4.78, 5) is 4.01. The van der Waals surface area contributed by atoms with Crippen molar-refractivity contribution in [2.45, 2.75) is 25.6 Å². The van der Waals surface area contributed by atoms with Crippen molar-refractivity contribution in [1.82, 2.24) is 25.1 Å². The van der Waals surface area contributed by atoms with Gasteiger partial charge in [-0.25, -0.2) is 0 Å². The first kappa shape index (κ1) is 17.5. The van der Waals surface area contributed by atoms with Crippen molar-refractivity contribution in [3.63, 3.8) is 0 Å². The molecular formula is C20H23N5O2. The molecule has 27 heavy (non-hydrogen) atoms. The summed E-state index contributed by atoms with van der Waals surface area (Å²) in [5.74, 6) is 2.36. The molecule has 0 amide bonds. The number of likely N-dealkylation sites (tertiary alicyclic amines) is 1. The van der Waals surface area contributed by atoms with E-state index in [1.54, 1.807) is 19.0 Å². The van der Waals surface area contributed by atoms with Gasteiger partial charge in [0.25, 0.3) is 0 Å². The Bertz CT molecular complexity index is 896. The van der Waals surface area contributed by atoms with E-state index >= 15 is 0 Å². The highest BCUT2D eigenvalue weighted by Gasteiger charge is 2.29. The first-order chi connectivity index (χ1) is 13.3. The van der Waals surface area contributed by atoms with Crippen LogP contribution in [0.25, 0.3) is 11.4 Å². The molecule has 1 aliphatic heterocycles. The second-order valence-corrected chi connectivity index (χ2v) is 6.57. The molecule has 3 aromatic rings. The zero-order chi connectivity index (χ0) is 18.6. The third-order valence-electron chi connectivity index (χ3n) is 4.95. The fraction of sp³-hybridized carbons (Fsp3) is 0.350. The molecule has 1 aliphatic rings. The van der Waals surface area contributed by atoms with E-state index < -0.39 is 0 Å². The average molecular weight is 365 g/mol. The molecule has 1 unspecified atom stereocenters. The van der Waals surface area contributed by atoms with Gasteiger partial charge in [-0.15, -0.1) is 15.0 Å². The Morgan fingerprint density at radius 3 is 2.70 bits per heavy atom. The van der Waals surface area contributed by atoms with E-state index in [0.717, 1.165) is 42.0 Å². The van der Waals surface area contributed by atoms with Crippen LogP contribution in [0.2, 0.25) is 0 Å². The van der Waals surface area contributed by atoms with E-state index in [0.29, 0.717) is 12.5 Å². The summed E-state index contributed by atoms with van der Waals surface area (Å²) in [7, 11) is 3.39. The number of aromatic nitrogens is 4. The molecule has 2 heterocycles. The predicted molar refractivity (Wildman–Crippen MR) is 101 cm³/mol. The van der Waals surface area contributed by atoms with Gasteiger partial charge in [-0.05, 0) is 36.3 Å². The van der Waals surface area contributed by atoms with Crippen LogP contribution in [0.5, 0.6) is 11.5 Å². The van der Waals surface area contributed by atoms with Gasteiger partial charge >= 0.3 is 0 Å². The quantitative estimate of drug-likeness (QED) is 0.669. The summed E-state index contributed by atoms with van der Waals surface area (Å²) in [5.41, 5.74) is 2.11. The maximum atomic E-state index is 5.59. The normalized spacial score (nSPS) is 17.2. The second-order valence-electron chi connectivity index (χ2n) is 6.57. The predicted octanol–water partition coefficient (Wildman–Crippen LogP) is 3.15. The highest BCUT2D eigenvalue weighted by molar-refractivity contribution is 5.52. The van der Waals surface area contributed by atoms with Crippen molar-refractivity contribution in [2.24, 2.45) is 0 Å². The highest BCUT2D eigenvalue weighted by Crippen LogP contribution is 2.39. The van der Waals surface area contributed by atoms with Crippen molar-refractivity contribution >= 4 is 0 Å². The topological polar surface area (TPSA) is 65.3 Å². The Morgan fingerprint density at radius 1 is 1.07 bits per heavy atom. The Kier molecular flexibility index (Phi) is 5.02. The van der Waals surface area contributed by atoms with E-state index in [1.807, 2.05) is 42.5 Å². The van der Waals surface area contributed by atoms with Gasteiger partial charge in [0.1, 0.15) is 18.2 Å². The van der Waals surface area contributed by atoms with Crippen LogP contribution in [-0.2, 0) is 6.67 Å². The van der Waals surface area contributed by atoms with E-state index in [4.69, 9.17) is 9.47 Å². The largest absolute Gasteiger partial charge is 0.497 e. The van der Waals surface area contributed by atoms with Crippen LogP contribution in [0.15, 0.2) is 48.5 Å². The molecule has 0 aliphatic carbocycles. The first-order valence-corrected chi connectivity index (χ1v) is 9.07. The molecule has 0 bridgehead atoms. The number of hydrogen-bond acceptors (Lipinski definition) is 6. The van der Waals surface area contributed by atoms with Gasteiger partial charge < -0.3 is 9.47 Å². The van der Waals surface area contributed by atoms with Gasteiger partial charge in [0.05, 0.1) is 14.2 Å². The van der Waals surface area contributed by atoms with Crippen molar-refractivity contribution in [3.05, 3.63) is 54.1 Å². The van der Waals surface area contributed by atoms with Gasteiger partial charge in [0.2, 0.25) is 5.82 Å². The van der Waals surface area contributed by atoms with Crippen LogP contribution in [-0.4, -0.2) is 45.9 Å². The van der Waals surface area contributed by atoms with Crippen LogP contribution < -0.4 is 9.47 Å². The monoisotopic (exact) mass is 365 g/mol. The zero-order valence-electron chi connectivity index (χ0n) is 15.6. The van der Waals surface area contributed by atoms with Crippen molar-refractivity contribution in [2.75, 3.05) is 20.8 Å². The van der Waals surface area contributed by atoms with Crippen LogP contribution in [0.4, 0.5) is 0 Å². The first-order valence-electron chi connectivity index (χ1n) is 9.07. The standard InChI is InChI=1S/C20H23N5O2/c1-26-16-10-11-19(27-2)17(13-16)18-9-6-12-24(18)14-25-22-20(21-23-25)15-7-4-3-5-8-15/h3-5,7-8,10-11,13,18H,6,9,12,14H2,1-2H3. The van der Waals surface area contributed by atoms with Gasteiger partial charge in [-0.3, -0.25) is 4.90 Å². The van der Waals surface area contributed by atoms with Gasteiger partial charge in [0, 0.05) is 23.7 Å². The average Bonchev–Trinajstić information content (AvgIpc) is 3.38. The Balaban J connectivity index is 1.55. The van der Waals surface area contributed by atoms with E-state index in [-0.39, 0.29) is 6.04 Å². The molecule has 0 saturated carbocycles.